The summed E-state index contributed by atoms with van der Waals surface area (Å²) in [5, 5.41) is 15.4. The van der Waals surface area contributed by atoms with Crippen molar-refractivity contribution in [3.63, 3.8) is 0 Å². The van der Waals surface area contributed by atoms with Gasteiger partial charge in [0.15, 0.2) is 0 Å². The SMILES string of the molecule is CC(C)(C)OC(=O)Nc1ccc(NCc2cccc(O)c2)cc1. The number of rotatable bonds is 4. The molecule has 3 N–H and O–H groups in total. The van der Waals surface area contributed by atoms with Crippen LogP contribution in [0.2, 0.25) is 0 Å². The summed E-state index contributed by atoms with van der Waals surface area (Å²) in [6.07, 6.45) is -0.474. The Morgan fingerprint density at radius 2 is 1.74 bits per heavy atom. The number of phenols is 1. The Morgan fingerprint density at radius 1 is 1.09 bits per heavy atom. The number of aromatic hydroxyl groups is 1. The van der Waals surface area contributed by atoms with Gasteiger partial charge in [0, 0.05) is 17.9 Å². The normalized spacial score (nSPS) is 10.9. The number of amides is 1. The van der Waals surface area contributed by atoms with Crippen LogP contribution in [0.1, 0.15) is 26.3 Å². The second kappa shape index (κ2) is 7.05. The van der Waals surface area contributed by atoms with Gasteiger partial charge >= 0.3 is 6.09 Å². The van der Waals surface area contributed by atoms with Gasteiger partial charge in [-0.2, -0.15) is 0 Å². The number of nitrogens with one attached hydrogen (secondary N) is 2. The second-order valence-corrected chi connectivity index (χ2v) is 6.23. The molecule has 122 valence electrons. The fourth-order valence-corrected chi connectivity index (χ4v) is 1.96. The zero-order chi connectivity index (χ0) is 16.9. The monoisotopic (exact) mass is 314 g/mol. The predicted molar refractivity (Wildman–Crippen MR) is 91.7 cm³/mol. The molecule has 0 aliphatic rings. The van der Waals surface area contributed by atoms with Crippen LogP contribution in [0.5, 0.6) is 5.75 Å². The molecule has 0 atom stereocenters. The van der Waals surface area contributed by atoms with Crippen molar-refractivity contribution in [3.8, 4) is 5.75 Å². The van der Waals surface area contributed by atoms with E-state index >= 15 is 0 Å². The van der Waals surface area contributed by atoms with E-state index in [1.54, 1.807) is 30.3 Å². The first-order valence-electron chi connectivity index (χ1n) is 7.44. The molecule has 2 rings (SSSR count). The molecule has 0 spiro atoms. The second-order valence-electron chi connectivity index (χ2n) is 6.23. The van der Waals surface area contributed by atoms with Crippen LogP contribution in [0.25, 0.3) is 0 Å². The van der Waals surface area contributed by atoms with Crippen molar-refractivity contribution < 1.29 is 14.6 Å². The highest BCUT2D eigenvalue weighted by Gasteiger charge is 2.15. The van der Waals surface area contributed by atoms with Gasteiger partial charge < -0.3 is 15.2 Å². The molecule has 2 aromatic rings. The molecule has 0 fully saturated rings. The Bertz CT molecular complexity index is 661. The Hall–Kier alpha value is -2.69. The highest BCUT2D eigenvalue weighted by Crippen LogP contribution is 2.17. The van der Waals surface area contributed by atoms with Crippen molar-refractivity contribution in [2.24, 2.45) is 0 Å². The van der Waals surface area contributed by atoms with E-state index in [9.17, 15) is 9.90 Å². The minimum absolute atomic E-state index is 0.251. The summed E-state index contributed by atoms with van der Waals surface area (Å²) in [5.41, 5.74) is 2.05. The minimum atomic E-state index is -0.521. The lowest BCUT2D eigenvalue weighted by molar-refractivity contribution is 0.0636. The number of hydrogen-bond donors (Lipinski definition) is 3. The first-order chi connectivity index (χ1) is 10.8. The van der Waals surface area contributed by atoms with Crippen LogP contribution in [0.4, 0.5) is 16.2 Å². The largest absolute Gasteiger partial charge is 0.508 e. The van der Waals surface area contributed by atoms with Crippen molar-refractivity contribution >= 4 is 17.5 Å². The molecule has 0 radical (unpaired) electrons. The lowest BCUT2D eigenvalue weighted by Crippen LogP contribution is -2.27. The third-order valence-corrected chi connectivity index (χ3v) is 2.94. The van der Waals surface area contributed by atoms with E-state index in [2.05, 4.69) is 10.6 Å². The van der Waals surface area contributed by atoms with Gasteiger partial charge in [-0.05, 0) is 62.7 Å². The lowest BCUT2D eigenvalue weighted by Gasteiger charge is -2.19. The Labute approximate surface area is 136 Å². The first kappa shape index (κ1) is 16.7. The number of phenolic OH excluding ortho intramolecular Hbond substituents is 1. The average Bonchev–Trinajstić information content (AvgIpc) is 2.44. The summed E-state index contributed by atoms with van der Waals surface area (Å²) < 4.78 is 5.20. The standard InChI is InChI=1S/C18H22N2O3/c1-18(2,3)23-17(22)20-15-9-7-14(8-10-15)19-12-13-5-4-6-16(21)11-13/h4-11,19,21H,12H2,1-3H3,(H,20,22). The fourth-order valence-electron chi connectivity index (χ4n) is 1.96. The van der Waals surface area contributed by atoms with Gasteiger partial charge in [-0.25, -0.2) is 4.79 Å². The molecule has 23 heavy (non-hydrogen) atoms. The van der Waals surface area contributed by atoms with E-state index in [1.165, 1.54) is 0 Å². The number of carbonyl (C=O) groups is 1. The van der Waals surface area contributed by atoms with Crippen molar-refractivity contribution in [1.29, 1.82) is 0 Å². The molecule has 5 heteroatoms. The van der Waals surface area contributed by atoms with E-state index in [4.69, 9.17) is 4.74 Å². The van der Waals surface area contributed by atoms with E-state index < -0.39 is 11.7 Å². The highest BCUT2D eigenvalue weighted by molar-refractivity contribution is 5.85. The van der Waals surface area contributed by atoms with Gasteiger partial charge in [0.2, 0.25) is 0 Å². The zero-order valence-electron chi connectivity index (χ0n) is 13.6. The van der Waals surface area contributed by atoms with E-state index in [-0.39, 0.29) is 5.75 Å². The molecule has 0 aromatic heterocycles. The number of ether oxygens (including phenoxy) is 1. The van der Waals surface area contributed by atoms with Crippen LogP contribution < -0.4 is 10.6 Å². The molecule has 0 saturated carbocycles. The van der Waals surface area contributed by atoms with Crippen LogP contribution >= 0.6 is 0 Å². The summed E-state index contributed by atoms with van der Waals surface area (Å²) in [7, 11) is 0. The van der Waals surface area contributed by atoms with Gasteiger partial charge in [-0.3, -0.25) is 5.32 Å². The van der Waals surface area contributed by atoms with Crippen LogP contribution in [-0.4, -0.2) is 16.8 Å². The van der Waals surface area contributed by atoms with Gasteiger partial charge in [-0.15, -0.1) is 0 Å². The van der Waals surface area contributed by atoms with E-state index in [0.29, 0.717) is 12.2 Å². The topological polar surface area (TPSA) is 70.6 Å². The van der Waals surface area contributed by atoms with Gasteiger partial charge in [-0.1, -0.05) is 12.1 Å². The van der Waals surface area contributed by atoms with Gasteiger partial charge in [0.1, 0.15) is 11.4 Å². The third-order valence-electron chi connectivity index (χ3n) is 2.94. The molecule has 2 aromatic carbocycles. The predicted octanol–water partition coefficient (Wildman–Crippen LogP) is 4.35. The Morgan fingerprint density at radius 3 is 2.35 bits per heavy atom. The molecular weight excluding hydrogens is 292 g/mol. The van der Waals surface area contributed by atoms with Crippen LogP contribution in [0, 0.1) is 0 Å². The van der Waals surface area contributed by atoms with Crippen molar-refractivity contribution in [1.82, 2.24) is 0 Å². The molecule has 1 amide bonds. The maximum absolute atomic E-state index is 11.7. The molecule has 5 nitrogen and oxygen atoms in total. The summed E-state index contributed by atoms with van der Waals surface area (Å²) in [5.74, 6) is 0.251. The van der Waals surface area contributed by atoms with Crippen molar-refractivity contribution in [2.45, 2.75) is 32.9 Å². The average molecular weight is 314 g/mol. The number of benzene rings is 2. The van der Waals surface area contributed by atoms with Crippen LogP contribution in [0.15, 0.2) is 48.5 Å². The molecular formula is C18H22N2O3. The summed E-state index contributed by atoms with van der Waals surface area (Å²) >= 11 is 0. The lowest BCUT2D eigenvalue weighted by atomic mass is 10.2. The maximum Gasteiger partial charge on any atom is 0.412 e. The molecule has 0 saturated heterocycles. The van der Waals surface area contributed by atoms with Crippen LogP contribution in [0.3, 0.4) is 0 Å². The highest BCUT2D eigenvalue weighted by atomic mass is 16.6. The number of hydrogen-bond acceptors (Lipinski definition) is 4. The number of anilines is 2. The number of carbonyl (C=O) groups excluding carboxylic acids is 1. The summed E-state index contributed by atoms with van der Waals surface area (Å²) in [4.78, 5) is 11.7. The zero-order valence-corrected chi connectivity index (χ0v) is 13.6. The van der Waals surface area contributed by atoms with Gasteiger partial charge in [0.05, 0.1) is 0 Å². The maximum atomic E-state index is 11.7. The summed E-state index contributed by atoms with van der Waals surface area (Å²) in [6, 6.07) is 14.4. The van der Waals surface area contributed by atoms with Gasteiger partial charge in [0.25, 0.3) is 0 Å². The fraction of sp³-hybridized carbons (Fsp3) is 0.278. The quantitative estimate of drug-likeness (QED) is 0.784. The molecule has 0 aliphatic carbocycles. The van der Waals surface area contributed by atoms with E-state index in [1.807, 2.05) is 39.0 Å². The molecule has 0 aliphatic heterocycles. The van der Waals surface area contributed by atoms with Crippen molar-refractivity contribution in [2.75, 3.05) is 10.6 Å². The smallest absolute Gasteiger partial charge is 0.412 e. The Kier molecular flexibility index (Phi) is 5.11. The Balaban J connectivity index is 1.88. The van der Waals surface area contributed by atoms with E-state index in [0.717, 1.165) is 11.3 Å². The van der Waals surface area contributed by atoms with Crippen molar-refractivity contribution in [3.05, 3.63) is 54.1 Å². The minimum Gasteiger partial charge on any atom is -0.508 e. The molecule has 0 heterocycles. The molecule has 0 bridgehead atoms. The summed E-state index contributed by atoms with van der Waals surface area (Å²) in [6.45, 7) is 6.07. The van der Waals surface area contributed by atoms with Crippen LogP contribution in [-0.2, 0) is 11.3 Å². The first-order valence-corrected chi connectivity index (χ1v) is 7.44. The third kappa shape index (κ3) is 5.90. The molecule has 0 unspecified atom stereocenters.